The molecule has 1 heterocycles. The van der Waals surface area contributed by atoms with Gasteiger partial charge in [-0.15, -0.1) is 0 Å². The zero-order valence-electron chi connectivity index (χ0n) is 19.6. The van der Waals surface area contributed by atoms with Crippen LogP contribution < -0.4 is 5.46 Å². The van der Waals surface area contributed by atoms with E-state index in [9.17, 15) is 13.6 Å². The molecule has 176 valence electrons. The molecule has 2 aliphatic carbocycles. The maximum Gasteiger partial charge on any atom is 0.494 e. The topological polar surface area (TPSA) is 35.5 Å². The van der Waals surface area contributed by atoms with E-state index in [2.05, 4.69) is 15.9 Å². The summed E-state index contributed by atoms with van der Waals surface area (Å²) in [5.41, 5.74) is 2.75. The number of ketones is 1. The molecule has 3 nitrogen and oxygen atoms in total. The normalized spacial score (nSPS) is 22.2. The van der Waals surface area contributed by atoms with Crippen molar-refractivity contribution < 1.29 is 22.9 Å². The fourth-order valence-electron chi connectivity index (χ4n) is 4.51. The molecule has 0 unspecified atom stereocenters. The van der Waals surface area contributed by atoms with Gasteiger partial charge in [-0.3, -0.25) is 4.79 Å². The van der Waals surface area contributed by atoms with Gasteiger partial charge in [0, 0.05) is 28.4 Å². The van der Waals surface area contributed by atoms with E-state index in [0.717, 1.165) is 28.4 Å². The van der Waals surface area contributed by atoms with Gasteiger partial charge in [-0.1, -0.05) is 40.2 Å². The van der Waals surface area contributed by atoms with Crippen molar-refractivity contribution in [1.82, 2.24) is 0 Å². The Hall–Kier alpha value is -1.57. The Kier molecular flexibility index (Phi) is 6.62. The first kappa shape index (κ1) is 24.6. The third kappa shape index (κ3) is 4.96. The predicted molar refractivity (Wildman–Crippen MR) is 130 cm³/mol. The largest absolute Gasteiger partial charge is 0.494 e. The van der Waals surface area contributed by atoms with Gasteiger partial charge in [-0.25, -0.2) is 8.78 Å². The fourth-order valence-corrected chi connectivity index (χ4v) is 4.88. The van der Waals surface area contributed by atoms with Crippen molar-refractivity contribution >= 4 is 34.3 Å². The van der Waals surface area contributed by atoms with Crippen molar-refractivity contribution in [3.63, 3.8) is 0 Å². The summed E-state index contributed by atoms with van der Waals surface area (Å²) in [4.78, 5) is 11.4. The number of hydrogen-bond acceptors (Lipinski definition) is 3. The highest BCUT2D eigenvalue weighted by molar-refractivity contribution is 9.10. The van der Waals surface area contributed by atoms with Crippen LogP contribution in [0.3, 0.4) is 0 Å². The monoisotopic (exact) mass is 518 g/mol. The van der Waals surface area contributed by atoms with Gasteiger partial charge in [0.15, 0.2) is 5.78 Å². The zero-order valence-corrected chi connectivity index (χ0v) is 21.2. The number of carbonyl (C=O) groups is 1. The summed E-state index contributed by atoms with van der Waals surface area (Å²) < 4.78 is 41.1. The van der Waals surface area contributed by atoms with Crippen LogP contribution in [0, 0.1) is 0 Å². The van der Waals surface area contributed by atoms with Gasteiger partial charge in [-0.05, 0) is 82.1 Å². The number of fused-ring (bicyclic) bond motifs is 2. The zero-order chi connectivity index (χ0) is 24.0. The Bertz CT molecular complexity index is 1050. The van der Waals surface area contributed by atoms with E-state index in [1.807, 2.05) is 52.0 Å². The smallest absolute Gasteiger partial charge is 0.399 e. The van der Waals surface area contributed by atoms with Crippen LogP contribution in [-0.2, 0) is 28.1 Å². The standard InChI is InChI=1S/C16H21BF2O2.C10H9BrO/c1-14(2)15(3,4)21-17(20-14)12-8-7-11-6-5-9-16(18,19)13(11)10-12;11-8-5-4-7-2-1-3-10(12)9(7)6-8/h7-8,10H,5-6,9H2,1-4H3;4-6H,1-3H2. The molecular formula is C26H30BBrF2O3. The Balaban J connectivity index is 0.000000183. The van der Waals surface area contributed by atoms with E-state index < -0.39 is 24.2 Å². The third-order valence-corrected chi connectivity index (χ3v) is 7.71. The number of Topliss-reactive ketones (excluding diaryl/α,β-unsaturated/α-hetero) is 1. The number of benzene rings is 2. The van der Waals surface area contributed by atoms with Gasteiger partial charge in [-0.2, -0.15) is 0 Å². The quantitative estimate of drug-likeness (QED) is 0.411. The highest BCUT2D eigenvalue weighted by Crippen LogP contribution is 2.41. The summed E-state index contributed by atoms with van der Waals surface area (Å²) in [5, 5.41) is 0. The van der Waals surface area contributed by atoms with E-state index >= 15 is 0 Å². The summed E-state index contributed by atoms with van der Waals surface area (Å²) in [7, 11) is -0.585. The maximum atomic E-state index is 14.1. The lowest BCUT2D eigenvalue weighted by Gasteiger charge is -2.32. The van der Waals surface area contributed by atoms with Crippen LogP contribution in [0.4, 0.5) is 8.78 Å². The molecule has 0 atom stereocenters. The lowest BCUT2D eigenvalue weighted by Crippen LogP contribution is -2.41. The molecule has 0 aromatic heterocycles. The summed E-state index contributed by atoms with van der Waals surface area (Å²) >= 11 is 3.37. The number of halogens is 3. The SMILES string of the molecule is CC1(C)OB(c2ccc3c(c2)C(F)(F)CCC3)OC1(C)C.O=C1CCCc2ccc(Br)cc21. The summed E-state index contributed by atoms with van der Waals surface area (Å²) in [6.07, 6.45) is 3.95. The van der Waals surface area contributed by atoms with Crippen LogP contribution in [0.25, 0.3) is 0 Å². The lowest BCUT2D eigenvalue weighted by atomic mass is 9.75. The number of alkyl halides is 2. The van der Waals surface area contributed by atoms with Gasteiger partial charge in [0.2, 0.25) is 0 Å². The maximum absolute atomic E-state index is 14.1. The first-order valence-electron chi connectivity index (χ1n) is 11.6. The molecule has 1 aliphatic heterocycles. The average molecular weight is 519 g/mol. The minimum Gasteiger partial charge on any atom is -0.399 e. The summed E-state index contributed by atoms with van der Waals surface area (Å²) in [6, 6.07) is 11.2. The second-order valence-corrected chi connectivity index (χ2v) is 11.1. The van der Waals surface area contributed by atoms with E-state index in [-0.39, 0.29) is 17.8 Å². The molecule has 5 rings (SSSR count). The van der Waals surface area contributed by atoms with Crippen molar-refractivity contribution in [3.8, 4) is 0 Å². The lowest BCUT2D eigenvalue weighted by molar-refractivity contribution is -0.0216. The number of rotatable bonds is 1. The van der Waals surface area contributed by atoms with Crippen molar-refractivity contribution in [1.29, 1.82) is 0 Å². The molecule has 3 aliphatic rings. The second-order valence-electron chi connectivity index (χ2n) is 10.1. The summed E-state index contributed by atoms with van der Waals surface area (Å²) in [5.74, 6) is -2.45. The van der Waals surface area contributed by atoms with Crippen molar-refractivity contribution in [2.45, 2.75) is 83.3 Å². The molecule has 1 fully saturated rings. The second kappa shape index (κ2) is 8.90. The highest BCUT2D eigenvalue weighted by Gasteiger charge is 2.52. The van der Waals surface area contributed by atoms with Gasteiger partial charge >= 0.3 is 7.12 Å². The molecule has 0 saturated carbocycles. The molecule has 0 bridgehead atoms. The van der Waals surface area contributed by atoms with Crippen molar-refractivity contribution in [3.05, 3.63) is 63.1 Å². The Morgan fingerprint density at radius 2 is 1.52 bits per heavy atom. The van der Waals surface area contributed by atoms with Gasteiger partial charge in [0.1, 0.15) is 0 Å². The molecule has 2 aromatic carbocycles. The molecule has 0 N–H and O–H groups in total. The Morgan fingerprint density at radius 1 is 0.879 bits per heavy atom. The molecule has 7 heteroatoms. The third-order valence-electron chi connectivity index (χ3n) is 7.21. The minimum absolute atomic E-state index is 0.0766. The molecule has 0 amide bonds. The van der Waals surface area contributed by atoms with E-state index in [1.165, 1.54) is 5.56 Å². The van der Waals surface area contributed by atoms with Crippen LogP contribution in [0.15, 0.2) is 40.9 Å². The average Bonchev–Trinajstić information content (AvgIpc) is 2.96. The molecule has 1 saturated heterocycles. The number of carbonyl (C=O) groups excluding carboxylic acids is 1. The van der Waals surface area contributed by atoms with Crippen molar-refractivity contribution in [2.75, 3.05) is 0 Å². The highest BCUT2D eigenvalue weighted by atomic mass is 79.9. The van der Waals surface area contributed by atoms with E-state index in [1.54, 1.807) is 12.1 Å². The number of aryl methyl sites for hydroxylation is 2. The molecule has 2 aromatic rings. The van der Waals surface area contributed by atoms with Crippen LogP contribution >= 0.6 is 15.9 Å². The van der Waals surface area contributed by atoms with Crippen LogP contribution in [0.2, 0.25) is 0 Å². The summed E-state index contributed by atoms with van der Waals surface area (Å²) in [6.45, 7) is 7.83. The number of hydrogen-bond donors (Lipinski definition) is 0. The Morgan fingerprint density at radius 3 is 2.21 bits per heavy atom. The van der Waals surface area contributed by atoms with Gasteiger partial charge in [0.05, 0.1) is 11.2 Å². The fraction of sp³-hybridized carbons (Fsp3) is 0.500. The van der Waals surface area contributed by atoms with Gasteiger partial charge in [0.25, 0.3) is 5.92 Å². The Labute approximate surface area is 203 Å². The van der Waals surface area contributed by atoms with E-state index in [4.69, 9.17) is 9.31 Å². The molecule has 0 spiro atoms. The van der Waals surface area contributed by atoms with Crippen LogP contribution in [-0.4, -0.2) is 24.1 Å². The molecule has 33 heavy (non-hydrogen) atoms. The van der Waals surface area contributed by atoms with E-state index in [0.29, 0.717) is 24.7 Å². The molecule has 0 radical (unpaired) electrons. The van der Waals surface area contributed by atoms with Crippen molar-refractivity contribution in [2.24, 2.45) is 0 Å². The molecular weight excluding hydrogens is 489 g/mol. The first-order chi connectivity index (χ1) is 15.4. The predicted octanol–water partition coefficient (Wildman–Crippen LogP) is 6.38. The minimum atomic E-state index is -2.74. The van der Waals surface area contributed by atoms with Gasteiger partial charge < -0.3 is 9.31 Å². The van der Waals surface area contributed by atoms with Crippen LogP contribution in [0.1, 0.15) is 80.4 Å². The first-order valence-corrected chi connectivity index (χ1v) is 12.4. The van der Waals surface area contributed by atoms with Crippen LogP contribution in [0.5, 0.6) is 0 Å².